The molecule has 0 saturated heterocycles. The molecule has 0 aromatic heterocycles. The van der Waals surface area contributed by atoms with Crippen LogP contribution in [-0.4, -0.2) is 21.2 Å². The van der Waals surface area contributed by atoms with E-state index in [9.17, 15) is 20.1 Å². The molecule has 5 nitrogen and oxygen atoms in total. The molecular weight excluding hydrogens is 402 g/mol. The van der Waals surface area contributed by atoms with Gasteiger partial charge < -0.3 is 20.2 Å². The standard InChI is InChI=1S/C27H29NO4/c1-17(2)19-10-12-20(13-11-19)28(16-18-9-14-25(30)26(31)15-18)27(32)23-7-3-6-22-21(23)5-4-8-24(22)29/h4-5,8-15,17,23,29-31H,3,6-7,16H2,1-2H3. The number of amides is 1. The van der Waals surface area contributed by atoms with Crippen LogP contribution in [0.25, 0.3) is 0 Å². The van der Waals surface area contributed by atoms with Crippen molar-refractivity contribution < 1.29 is 20.1 Å². The van der Waals surface area contributed by atoms with Crippen molar-refractivity contribution in [2.75, 3.05) is 4.90 Å². The van der Waals surface area contributed by atoms with Gasteiger partial charge in [0.15, 0.2) is 11.5 Å². The largest absolute Gasteiger partial charge is 0.508 e. The molecule has 0 aliphatic heterocycles. The van der Waals surface area contributed by atoms with E-state index >= 15 is 0 Å². The summed E-state index contributed by atoms with van der Waals surface area (Å²) in [6.07, 6.45) is 2.32. The molecule has 1 amide bonds. The Labute approximate surface area is 188 Å². The molecule has 0 spiro atoms. The fourth-order valence-corrected chi connectivity index (χ4v) is 4.46. The maximum atomic E-state index is 13.9. The lowest BCUT2D eigenvalue weighted by atomic mass is 9.81. The Morgan fingerprint density at radius 3 is 2.41 bits per heavy atom. The van der Waals surface area contributed by atoms with Gasteiger partial charge in [-0.2, -0.15) is 0 Å². The third-order valence-electron chi connectivity index (χ3n) is 6.30. The number of rotatable bonds is 5. The van der Waals surface area contributed by atoms with E-state index in [1.165, 1.54) is 17.7 Å². The summed E-state index contributed by atoms with van der Waals surface area (Å²) >= 11 is 0. The Bertz CT molecular complexity index is 1120. The van der Waals surface area contributed by atoms with Gasteiger partial charge in [0.05, 0.1) is 12.5 Å². The average molecular weight is 432 g/mol. The zero-order chi connectivity index (χ0) is 22.8. The number of aromatic hydroxyl groups is 3. The smallest absolute Gasteiger partial charge is 0.234 e. The van der Waals surface area contributed by atoms with Crippen LogP contribution in [0.5, 0.6) is 17.2 Å². The fraction of sp³-hybridized carbons (Fsp3) is 0.296. The molecule has 0 radical (unpaired) electrons. The van der Waals surface area contributed by atoms with Crippen molar-refractivity contribution in [3.63, 3.8) is 0 Å². The second-order valence-electron chi connectivity index (χ2n) is 8.78. The summed E-state index contributed by atoms with van der Waals surface area (Å²) < 4.78 is 0. The van der Waals surface area contributed by atoms with E-state index in [1.54, 1.807) is 23.1 Å². The van der Waals surface area contributed by atoms with Crippen LogP contribution < -0.4 is 4.90 Å². The Morgan fingerprint density at radius 2 is 1.72 bits per heavy atom. The maximum Gasteiger partial charge on any atom is 0.234 e. The molecule has 0 fully saturated rings. The summed E-state index contributed by atoms with van der Waals surface area (Å²) in [5.74, 6) is -0.155. The number of fused-ring (bicyclic) bond motifs is 1. The number of hydrogen-bond acceptors (Lipinski definition) is 4. The maximum absolute atomic E-state index is 13.9. The lowest BCUT2D eigenvalue weighted by molar-refractivity contribution is -0.120. The van der Waals surface area contributed by atoms with Crippen LogP contribution in [0.1, 0.15) is 60.8 Å². The summed E-state index contributed by atoms with van der Waals surface area (Å²) in [6, 6.07) is 18.0. The van der Waals surface area contributed by atoms with Crippen LogP contribution in [0, 0.1) is 0 Å². The van der Waals surface area contributed by atoms with Gasteiger partial charge in [0.2, 0.25) is 5.91 Å². The summed E-state index contributed by atoms with van der Waals surface area (Å²) in [6.45, 7) is 4.52. The number of hydrogen-bond donors (Lipinski definition) is 3. The average Bonchev–Trinajstić information content (AvgIpc) is 2.79. The molecule has 4 rings (SSSR count). The highest BCUT2D eigenvalue weighted by molar-refractivity contribution is 5.98. The van der Waals surface area contributed by atoms with Gasteiger partial charge in [-0.3, -0.25) is 4.79 Å². The monoisotopic (exact) mass is 431 g/mol. The molecule has 1 aliphatic rings. The van der Waals surface area contributed by atoms with E-state index in [0.29, 0.717) is 11.5 Å². The predicted octanol–water partition coefficient (Wildman–Crippen LogP) is 5.58. The number of phenolic OH excluding ortho intramolecular Hbond substituents is 3. The van der Waals surface area contributed by atoms with Gasteiger partial charge in [-0.25, -0.2) is 0 Å². The second-order valence-corrected chi connectivity index (χ2v) is 8.78. The highest BCUT2D eigenvalue weighted by Gasteiger charge is 2.32. The number of nitrogens with zero attached hydrogens (tertiary/aromatic N) is 1. The molecule has 3 aromatic carbocycles. The van der Waals surface area contributed by atoms with E-state index in [-0.39, 0.29) is 35.6 Å². The lowest BCUT2D eigenvalue weighted by Gasteiger charge is -2.31. The summed E-state index contributed by atoms with van der Waals surface area (Å²) in [5, 5.41) is 29.9. The third kappa shape index (κ3) is 4.28. The van der Waals surface area contributed by atoms with Crippen molar-refractivity contribution in [1.29, 1.82) is 0 Å². The van der Waals surface area contributed by atoms with Crippen LogP contribution >= 0.6 is 0 Å². The predicted molar refractivity (Wildman–Crippen MR) is 125 cm³/mol. The Hall–Kier alpha value is -3.47. The minimum Gasteiger partial charge on any atom is -0.508 e. The molecule has 5 heteroatoms. The first kappa shape index (κ1) is 21.8. The van der Waals surface area contributed by atoms with Gasteiger partial charge in [-0.1, -0.05) is 44.2 Å². The van der Waals surface area contributed by atoms with Gasteiger partial charge in [0.1, 0.15) is 5.75 Å². The first-order valence-electron chi connectivity index (χ1n) is 11.1. The van der Waals surface area contributed by atoms with E-state index in [0.717, 1.165) is 36.1 Å². The van der Waals surface area contributed by atoms with Gasteiger partial charge in [-0.15, -0.1) is 0 Å². The van der Waals surface area contributed by atoms with E-state index in [1.807, 2.05) is 30.3 Å². The summed E-state index contributed by atoms with van der Waals surface area (Å²) in [5.41, 5.74) is 4.43. The minimum absolute atomic E-state index is 0.0404. The topological polar surface area (TPSA) is 81.0 Å². The molecule has 1 atom stereocenters. The molecule has 1 unspecified atom stereocenters. The summed E-state index contributed by atoms with van der Waals surface area (Å²) in [7, 11) is 0. The number of carbonyl (C=O) groups excluding carboxylic acids is 1. The molecule has 0 heterocycles. The quantitative estimate of drug-likeness (QED) is 0.461. The molecule has 3 N–H and O–H groups in total. The summed E-state index contributed by atoms with van der Waals surface area (Å²) in [4.78, 5) is 15.6. The van der Waals surface area contributed by atoms with Crippen molar-refractivity contribution in [2.45, 2.75) is 51.5 Å². The Balaban J connectivity index is 1.72. The van der Waals surface area contributed by atoms with E-state index in [4.69, 9.17) is 0 Å². The van der Waals surface area contributed by atoms with Crippen LogP contribution in [0.4, 0.5) is 5.69 Å². The number of benzene rings is 3. The third-order valence-corrected chi connectivity index (χ3v) is 6.30. The number of carbonyl (C=O) groups is 1. The van der Waals surface area contributed by atoms with Crippen molar-refractivity contribution >= 4 is 11.6 Å². The molecule has 1 aliphatic carbocycles. The first-order chi connectivity index (χ1) is 15.3. The van der Waals surface area contributed by atoms with Gasteiger partial charge in [-0.05, 0) is 77.8 Å². The first-order valence-corrected chi connectivity index (χ1v) is 11.1. The van der Waals surface area contributed by atoms with Gasteiger partial charge in [0.25, 0.3) is 0 Å². The second kappa shape index (κ2) is 8.95. The van der Waals surface area contributed by atoms with Crippen LogP contribution in [0.2, 0.25) is 0 Å². The van der Waals surface area contributed by atoms with E-state index < -0.39 is 0 Å². The van der Waals surface area contributed by atoms with Gasteiger partial charge in [0, 0.05) is 5.69 Å². The highest BCUT2D eigenvalue weighted by atomic mass is 16.3. The van der Waals surface area contributed by atoms with Crippen LogP contribution in [-0.2, 0) is 17.8 Å². The van der Waals surface area contributed by atoms with E-state index in [2.05, 4.69) is 13.8 Å². The lowest BCUT2D eigenvalue weighted by Crippen LogP contribution is -2.36. The van der Waals surface area contributed by atoms with Crippen molar-refractivity contribution in [2.24, 2.45) is 0 Å². The van der Waals surface area contributed by atoms with Crippen molar-refractivity contribution in [1.82, 2.24) is 0 Å². The molecule has 32 heavy (non-hydrogen) atoms. The molecular formula is C27H29NO4. The Morgan fingerprint density at radius 1 is 0.969 bits per heavy atom. The molecule has 0 bridgehead atoms. The molecule has 3 aromatic rings. The highest BCUT2D eigenvalue weighted by Crippen LogP contribution is 2.38. The SMILES string of the molecule is CC(C)c1ccc(N(Cc2ccc(O)c(O)c2)C(=O)C2CCCc3c(O)cccc32)cc1. The van der Waals surface area contributed by atoms with Gasteiger partial charge >= 0.3 is 0 Å². The Kier molecular flexibility index (Phi) is 6.08. The number of phenols is 3. The normalized spacial score (nSPS) is 15.4. The molecule has 0 saturated carbocycles. The molecule has 166 valence electrons. The van der Waals surface area contributed by atoms with Crippen molar-refractivity contribution in [3.05, 3.63) is 82.9 Å². The fourth-order valence-electron chi connectivity index (χ4n) is 4.46. The minimum atomic E-state index is -0.346. The van der Waals surface area contributed by atoms with Crippen molar-refractivity contribution in [3.8, 4) is 17.2 Å². The number of anilines is 1. The van der Waals surface area contributed by atoms with Crippen LogP contribution in [0.3, 0.4) is 0 Å². The zero-order valence-corrected chi connectivity index (χ0v) is 18.5. The van der Waals surface area contributed by atoms with Crippen LogP contribution in [0.15, 0.2) is 60.7 Å². The zero-order valence-electron chi connectivity index (χ0n) is 18.5.